The lowest BCUT2D eigenvalue weighted by atomic mass is 9.89. The van der Waals surface area contributed by atoms with Crippen LogP contribution < -0.4 is 0 Å². The van der Waals surface area contributed by atoms with E-state index in [1.807, 2.05) is 0 Å². The summed E-state index contributed by atoms with van der Waals surface area (Å²) in [5, 5.41) is 25.0. The fraction of sp³-hybridized carbons (Fsp3) is 0.500. The molecule has 0 aliphatic heterocycles. The van der Waals surface area contributed by atoms with Crippen LogP contribution in [0.25, 0.3) is 0 Å². The number of hydrogen-bond donors (Lipinski definition) is 1. The van der Waals surface area contributed by atoms with Crippen LogP contribution in [0.1, 0.15) is 13.3 Å². The highest BCUT2D eigenvalue weighted by Crippen LogP contribution is 2.18. The first-order valence-electron chi connectivity index (χ1n) is 2.69. The van der Waals surface area contributed by atoms with Crippen molar-refractivity contribution in [3.63, 3.8) is 0 Å². The molecule has 0 unspecified atom stereocenters. The predicted octanol–water partition coefficient (Wildman–Crippen LogP) is 0.515. The molecule has 0 aromatic heterocycles. The molecule has 0 atom stereocenters. The maximum atomic E-state index is 10.3. The van der Waals surface area contributed by atoms with Gasteiger partial charge in [0.25, 0.3) is 0 Å². The Bertz CT molecular complexity index is 207. The second-order valence-electron chi connectivity index (χ2n) is 1.79. The molecule has 0 aliphatic carbocycles. The topological polar surface area (TPSA) is 84.9 Å². The van der Waals surface area contributed by atoms with E-state index >= 15 is 0 Å². The molecule has 0 saturated heterocycles. The van der Waals surface area contributed by atoms with Crippen molar-refractivity contribution in [3.8, 4) is 12.1 Å². The van der Waals surface area contributed by atoms with Gasteiger partial charge < -0.3 is 5.11 Å². The zero-order chi connectivity index (χ0) is 8.20. The first-order valence-corrected chi connectivity index (χ1v) is 2.69. The lowest BCUT2D eigenvalue weighted by Gasteiger charge is -2.07. The number of nitriles is 2. The number of rotatable bonds is 2. The minimum Gasteiger partial charge on any atom is -0.479 e. The van der Waals surface area contributed by atoms with Gasteiger partial charge >= 0.3 is 5.97 Å². The minimum atomic E-state index is -1.85. The molecule has 0 heterocycles. The minimum absolute atomic E-state index is 0.00926. The van der Waals surface area contributed by atoms with Gasteiger partial charge in [-0.05, 0) is 6.42 Å². The summed E-state index contributed by atoms with van der Waals surface area (Å²) in [6.45, 7) is 1.49. The zero-order valence-corrected chi connectivity index (χ0v) is 5.46. The molecule has 52 valence electrons. The number of carboxylic acids is 1. The molecule has 0 bridgehead atoms. The highest BCUT2D eigenvalue weighted by Gasteiger charge is 2.36. The van der Waals surface area contributed by atoms with Crippen molar-refractivity contribution in [1.82, 2.24) is 0 Å². The lowest BCUT2D eigenvalue weighted by Crippen LogP contribution is -2.26. The van der Waals surface area contributed by atoms with E-state index < -0.39 is 11.4 Å². The van der Waals surface area contributed by atoms with Gasteiger partial charge in [-0.3, -0.25) is 0 Å². The molecule has 1 N–H and O–H groups in total. The summed E-state index contributed by atoms with van der Waals surface area (Å²) >= 11 is 0. The molecule has 4 nitrogen and oxygen atoms in total. The van der Waals surface area contributed by atoms with Crippen molar-refractivity contribution in [2.24, 2.45) is 5.41 Å². The molecule has 10 heavy (non-hydrogen) atoms. The SMILES string of the molecule is CCC(C#N)(C#N)C(=O)O. The van der Waals surface area contributed by atoms with Crippen LogP contribution in [0, 0.1) is 28.1 Å². The average Bonchev–Trinajstić information content (AvgIpc) is 1.92. The normalized spacial score (nSPS) is 9.50. The first-order chi connectivity index (χ1) is 4.63. The van der Waals surface area contributed by atoms with Gasteiger partial charge in [-0.15, -0.1) is 0 Å². The van der Waals surface area contributed by atoms with E-state index in [-0.39, 0.29) is 6.42 Å². The molecule has 0 radical (unpaired) electrons. The van der Waals surface area contributed by atoms with E-state index in [2.05, 4.69) is 0 Å². The van der Waals surface area contributed by atoms with E-state index in [9.17, 15) is 4.79 Å². The summed E-state index contributed by atoms with van der Waals surface area (Å²) in [5.41, 5.74) is -1.85. The van der Waals surface area contributed by atoms with Gasteiger partial charge in [0.1, 0.15) is 0 Å². The standard InChI is InChI=1S/C6H6N2O2/c1-2-6(3-7,4-8)5(9)10/h2H2,1H3,(H,9,10). The second-order valence-corrected chi connectivity index (χ2v) is 1.79. The van der Waals surface area contributed by atoms with Crippen molar-refractivity contribution >= 4 is 5.97 Å². The van der Waals surface area contributed by atoms with Gasteiger partial charge in [0, 0.05) is 0 Å². The van der Waals surface area contributed by atoms with E-state index in [4.69, 9.17) is 15.6 Å². The van der Waals surface area contributed by atoms with Crippen LogP contribution in [0.15, 0.2) is 0 Å². The molecule has 0 fully saturated rings. The quantitative estimate of drug-likeness (QED) is 0.602. The van der Waals surface area contributed by atoms with E-state index in [0.717, 1.165) is 0 Å². The summed E-state index contributed by atoms with van der Waals surface area (Å²) in [7, 11) is 0. The Balaban J connectivity index is 4.75. The number of carboxylic acid groups (broad SMARTS) is 1. The highest BCUT2D eigenvalue weighted by atomic mass is 16.4. The molecule has 0 aromatic rings. The van der Waals surface area contributed by atoms with Crippen LogP contribution in [0.5, 0.6) is 0 Å². The Morgan fingerprint density at radius 3 is 2.00 bits per heavy atom. The van der Waals surface area contributed by atoms with Crippen LogP contribution in [0.4, 0.5) is 0 Å². The molecule has 0 amide bonds. The Morgan fingerprint density at radius 1 is 1.60 bits per heavy atom. The van der Waals surface area contributed by atoms with Gasteiger partial charge in [0.05, 0.1) is 12.1 Å². The van der Waals surface area contributed by atoms with Gasteiger partial charge in [-0.2, -0.15) is 10.5 Å². The van der Waals surface area contributed by atoms with Crippen LogP contribution in [0.3, 0.4) is 0 Å². The van der Waals surface area contributed by atoms with Gasteiger partial charge in [0.15, 0.2) is 0 Å². The fourth-order valence-electron chi connectivity index (χ4n) is 0.430. The van der Waals surface area contributed by atoms with Crippen molar-refractivity contribution < 1.29 is 9.90 Å². The first kappa shape index (κ1) is 8.45. The number of carbonyl (C=O) groups is 1. The van der Waals surface area contributed by atoms with E-state index in [0.29, 0.717) is 0 Å². The molecule has 0 aliphatic rings. The third kappa shape index (κ3) is 1.06. The van der Waals surface area contributed by atoms with Crippen LogP contribution in [-0.4, -0.2) is 11.1 Å². The summed E-state index contributed by atoms with van der Waals surface area (Å²) in [4.78, 5) is 10.3. The van der Waals surface area contributed by atoms with Crippen molar-refractivity contribution in [2.75, 3.05) is 0 Å². The molecule has 0 rings (SSSR count). The Kier molecular flexibility index (Phi) is 2.40. The smallest absolute Gasteiger partial charge is 0.338 e. The molecule has 0 spiro atoms. The van der Waals surface area contributed by atoms with Crippen LogP contribution in [-0.2, 0) is 4.79 Å². The van der Waals surface area contributed by atoms with Crippen molar-refractivity contribution in [1.29, 1.82) is 10.5 Å². The summed E-state index contributed by atoms with van der Waals surface area (Å²) < 4.78 is 0. The number of hydrogen-bond acceptors (Lipinski definition) is 3. The van der Waals surface area contributed by atoms with E-state index in [1.165, 1.54) is 19.1 Å². The van der Waals surface area contributed by atoms with E-state index in [1.54, 1.807) is 0 Å². The third-order valence-electron chi connectivity index (χ3n) is 1.28. The molecule has 0 aromatic carbocycles. The summed E-state index contributed by atoms with van der Waals surface area (Å²) in [5.74, 6) is -1.37. The average molecular weight is 138 g/mol. The maximum Gasteiger partial charge on any atom is 0.338 e. The monoisotopic (exact) mass is 138 g/mol. The summed E-state index contributed by atoms with van der Waals surface area (Å²) in [6, 6.07) is 2.91. The van der Waals surface area contributed by atoms with Gasteiger partial charge in [-0.1, -0.05) is 6.92 Å². The van der Waals surface area contributed by atoms with Crippen molar-refractivity contribution in [3.05, 3.63) is 0 Å². The fourth-order valence-corrected chi connectivity index (χ4v) is 0.430. The highest BCUT2D eigenvalue weighted by molar-refractivity contribution is 5.81. The Hall–Kier alpha value is -1.55. The van der Waals surface area contributed by atoms with Gasteiger partial charge in [-0.25, -0.2) is 4.79 Å². The molecule has 4 heteroatoms. The molecular formula is C6H6N2O2. The number of nitrogens with zero attached hydrogens (tertiary/aromatic N) is 2. The zero-order valence-electron chi connectivity index (χ0n) is 5.46. The Morgan fingerprint density at radius 2 is 2.00 bits per heavy atom. The Labute approximate surface area is 58.3 Å². The third-order valence-corrected chi connectivity index (χ3v) is 1.28. The molecular weight excluding hydrogens is 132 g/mol. The predicted molar refractivity (Wildman–Crippen MR) is 31.6 cm³/mol. The second kappa shape index (κ2) is 2.84. The molecule has 0 saturated carbocycles. The largest absolute Gasteiger partial charge is 0.479 e. The van der Waals surface area contributed by atoms with Gasteiger partial charge in [0.2, 0.25) is 5.41 Å². The van der Waals surface area contributed by atoms with Crippen molar-refractivity contribution in [2.45, 2.75) is 13.3 Å². The van der Waals surface area contributed by atoms with Crippen LogP contribution >= 0.6 is 0 Å². The lowest BCUT2D eigenvalue weighted by molar-refractivity contribution is -0.142. The van der Waals surface area contributed by atoms with Crippen LogP contribution in [0.2, 0.25) is 0 Å². The maximum absolute atomic E-state index is 10.3. The number of aliphatic carboxylic acids is 1. The summed E-state index contributed by atoms with van der Waals surface area (Å²) in [6.07, 6.45) is 0.00926.